The number of ether oxygens (including phenoxy) is 1. The largest absolute Gasteiger partial charge is 0.414 e. The van der Waals surface area contributed by atoms with E-state index in [-0.39, 0.29) is 6.03 Å². The minimum atomic E-state index is -0.470. The van der Waals surface area contributed by atoms with Crippen LogP contribution in [0.4, 0.5) is 15.3 Å². The molecular weight excluding hydrogens is 222 g/mol. The Balaban J connectivity index is 2.72. The van der Waals surface area contributed by atoms with Gasteiger partial charge in [-0.3, -0.25) is 0 Å². The van der Waals surface area contributed by atoms with E-state index in [4.69, 9.17) is 4.74 Å². The van der Waals surface area contributed by atoms with Crippen molar-refractivity contribution in [3.8, 4) is 5.75 Å². The average molecular weight is 237 g/mol. The molecule has 0 bridgehead atoms. The number of benzene rings is 1. The van der Waals surface area contributed by atoms with Crippen molar-refractivity contribution in [1.29, 1.82) is 0 Å². The second-order valence-corrected chi connectivity index (χ2v) is 3.49. The van der Waals surface area contributed by atoms with Crippen LogP contribution in [0.15, 0.2) is 24.3 Å². The number of hydrogen-bond donors (Lipinski definition) is 2. The molecule has 0 saturated carbocycles. The maximum atomic E-state index is 11.3. The van der Waals surface area contributed by atoms with Gasteiger partial charge in [0.25, 0.3) is 0 Å². The number of anilines is 1. The molecule has 1 aromatic rings. The summed E-state index contributed by atoms with van der Waals surface area (Å²) in [5, 5.41) is 5.01. The predicted molar refractivity (Wildman–Crippen MR) is 64.2 cm³/mol. The van der Waals surface area contributed by atoms with E-state index in [1.165, 1.54) is 11.9 Å². The molecule has 0 atom stereocenters. The molecule has 0 aromatic heterocycles. The monoisotopic (exact) mass is 237 g/mol. The molecule has 0 aliphatic heterocycles. The van der Waals surface area contributed by atoms with Crippen LogP contribution in [-0.4, -0.2) is 38.2 Å². The van der Waals surface area contributed by atoms with Gasteiger partial charge < -0.3 is 20.3 Å². The lowest BCUT2D eigenvalue weighted by Crippen LogP contribution is -2.26. The normalized spacial score (nSPS) is 9.35. The van der Waals surface area contributed by atoms with E-state index in [0.717, 1.165) is 0 Å². The molecule has 0 spiro atoms. The molecule has 6 nitrogen and oxygen atoms in total. The highest BCUT2D eigenvalue weighted by molar-refractivity contribution is 5.89. The Hall–Kier alpha value is -2.24. The summed E-state index contributed by atoms with van der Waals surface area (Å²) in [5.74, 6) is 0.373. The lowest BCUT2D eigenvalue weighted by Gasteiger charge is -2.11. The predicted octanol–water partition coefficient (Wildman–Crippen LogP) is 1.50. The summed E-state index contributed by atoms with van der Waals surface area (Å²) < 4.78 is 5.05. The van der Waals surface area contributed by atoms with Crippen molar-refractivity contribution in [2.24, 2.45) is 0 Å². The lowest BCUT2D eigenvalue weighted by atomic mass is 10.3. The number of carbonyl (C=O) groups excluding carboxylic acids is 2. The zero-order chi connectivity index (χ0) is 12.8. The van der Waals surface area contributed by atoms with Crippen molar-refractivity contribution >= 4 is 17.8 Å². The molecule has 1 aromatic carbocycles. The number of rotatable bonds is 2. The molecule has 92 valence electrons. The molecule has 17 heavy (non-hydrogen) atoms. The van der Waals surface area contributed by atoms with Crippen LogP contribution in [0, 0.1) is 0 Å². The maximum Gasteiger partial charge on any atom is 0.414 e. The van der Waals surface area contributed by atoms with E-state index in [1.807, 2.05) is 0 Å². The van der Waals surface area contributed by atoms with E-state index in [0.29, 0.717) is 11.4 Å². The van der Waals surface area contributed by atoms with E-state index in [1.54, 1.807) is 38.4 Å². The van der Waals surface area contributed by atoms with Gasteiger partial charge in [0, 0.05) is 32.9 Å². The molecule has 6 heteroatoms. The van der Waals surface area contributed by atoms with E-state index < -0.39 is 6.09 Å². The molecule has 0 radical (unpaired) electrons. The fourth-order valence-corrected chi connectivity index (χ4v) is 1.02. The molecular formula is C11H15N3O3. The summed E-state index contributed by atoms with van der Waals surface area (Å²) in [4.78, 5) is 23.7. The second kappa shape index (κ2) is 5.74. The topological polar surface area (TPSA) is 70.7 Å². The SMILES string of the molecule is CNC(=O)Nc1cccc(OC(=O)N(C)C)c1. The average Bonchev–Trinajstić information content (AvgIpc) is 2.29. The zero-order valence-electron chi connectivity index (χ0n) is 9.98. The van der Waals surface area contributed by atoms with Crippen LogP contribution in [0.3, 0.4) is 0 Å². The first-order chi connectivity index (χ1) is 8.02. The molecule has 0 aliphatic rings. The Morgan fingerprint density at radius 3 is 2.59 bits per heavy atom. The Bertz CT molecular complexity index is 418. The second-order valence-electron chi connectivity index (χ2n) is 3.49. The first-order valence-electron chi connectivity index (χ1n) is 5.01. The summed E-state index contributed by atoms with van der Waals surface area (Å²) in [6.07, 6.45) is -0.470. The van der Waals surface area contributed by atoms with Gasteiger partial charge >= 0.3 is 12.1 Å². The number of nitrogens with one attached hydrogen (secondary N) is 2. The molecule has 0 saturated heterocycles. The first-order valence-corrected chi connectivity index (χ1v) is 5.01. The Morgan fingerprint density at radius 2 is 2.00 bits per heavy atom. The standard InChI is InChI=1S/C11H15N3O3/c1-12-10(15)13-8-5-4-6-9(7-8)17-11(16)14(2)3/h4-7H,1-3H3,(H2,12,13,15). The van der Waals surface area contributed by atoms with Crippen LogP contribution < -0.4 is 15.4 Å². The van der Waals surface area contributed by atoms with E-state index in [9.17, 15) is 9.59 Å². The van der Waals surface area contributed by atoms with Gasteiger partial charge in [-0.25, -0.2) is 9.59 Å². The van der Waals surface area contributed by atoms with Crippen molar-refractivity contribution < 1.29 is 14.3 Å². The van der Waals surface area contributed by atoms with Crippen LogP contribution in [0.25, 0.3) is 0 Å². The molecule has 0 aliphatic carbocycles. The summed E-state index contributed by atoms with van der Waals surface area (Å²) in [6.45, 7) is 0. The minimum absolute atomic E-state index is 0.332. The van der Waals surface area contributed by atoms with Crippen LogP contribution in [0.2, 0.25) is 0 Å². The highest BCUT2D eigenvalue weighted by atomic mass is 16.6. The summed E-state index contributed by atoms with van der Waals surface area (Å²) in [5.41, 5.74) is 0.549. The highest BCUT2D eigenvalue weighted by Gasteiger charge is 2.07. The number of amides is 3. The number of nitrogens with zero attached hydrogens (tertiary/aromatic N) is 1. The third-order valence-corrected chi connectivity index (χ3v) is 1.89. The van der Waals surface area contributed by atoms with Gasteiger partial charge in [-0.15, -0.1) is 0 Å². The molecule has 0 heterocycles. The first kappa shape index (κ1) is 12.8. The van der Waals surface area contributed by atoms with Gasteiger partial charge in [-0.05, 0) is 12.1 Å². The fraction of sp³-hybridized carbons (Fsp3) is 0.273. The van der Waals surface area contributed by atoms with Crippen LogP contribution in [0.5, 0.6) is 5.75 Å². The maximum absolute atomic E-state index is 11.3. The molecule has 1 rings (SSSR count). The Labute approximate surface area is 99.6 Å². The molecule has 0 fully saturated rings. The molecule has 2 N–H and O–H groups in total. The van der Waals surface area contributed by atoms with Crippen LogP contribution in [0.1, 0.15) is 0 Å². The minimum Gasteiger partial charge on any atom is -0.410 e. The Morgan fingerprint density at radius 1 is 1.29 bits per heavy atom. The Kier molecular flexibility index (Phi) is 4.33. The summed E-state index contributed by atoms with van der Waals surface area (Å²) in [6, 6.07) is 6.25. The quantitative estimate of drug-likeness (QED) is 0.818. The summed E-state index contributed by atoms with van der Waals surface area (Å²) in [7, 11) is 4.70. The highest BCUT2D eigenvalue weighted by Crippen LogP contribution is 2.17. The molecule has 3 amide bonds. The number of hydrogen-bond acceptors (Lipinski definition) is 3. The fourth-order valence-electron chi connectivity index (χ4n) is 1.02. The van der Waals surface area contributed by atoms with Gasteiger partial charge in [0.15, 0.2) is 0 Å². The van der Waals surface area contributed by atoms with Gasteiger partial charge in [0.05, 0.1) is 0 Å². The van der Waals surface area contributed by atoms with Gasteiger partial charge in [0.1, 0.15) is 5.75 Å². The molecule has 0 unspecified atom stereocenters. The van der Waals surface area contributed by atoms with Gasteiger partial charge in [-0.1, -0.05) is 6.07 Å². The number of urea groups is 1. The van der Waals surface area contributed by atoms with Crippen LogP contribution >= 0.6 is 0 Å². The van der Waals surface area contributed by atoms with Crippen LogP contribution in [-0.2, 0) is 0 Å². The van der Waals surface area contributed by atoms with Crippen molar-refractivity contribution in [3.05, 3.63) is 24.3 Å². The number of carbonyl (C=O) groups is 2. The zero-order valence-corrected chi connectivity index (χ0v) is 9.98. The van der Waals surface area contributed by atoms with Crippen molar-refractivity contribution in [2.75, 3.05) is 26.5 Å². The van der Waals surface area contributed by atoms with E-state index in [2.05, 4.69) is 10.6 Å². The smallest absolute Gasteiger partial charge is 0.410 e. The van der Waals surface area contributed by atoms with Crippen molar-refractivity contribution in [1.82, 2.24) is 10.2 Å². The lowest BCUT2D eigenvalue weighted by molar-refractivity contribution is 0.172. The summed E-state index contributed by atoms with van der Waals surface area (Å²) >= 11 is 0. The van der Waals surface area contributed by atoms with Crippen molar-refractivity contribution in [2.45, 2.75) is 0 Å². The van der Waals surface area contributed by atoms with E-state index >= 15 is 0 Å². The third kappa shape index (κ3) is 4.02. The third-order valence-electron chi connectivity index (χ3n) is 1.89. The van der Waals surface area contributed by atoms with Gasteiger partial charge in [0.2, 0.25) is 0 Å². The van der Waals surface area contributed by atoms with Gasteiger partial charge in [-0.2, -0.15) is 0 Å². The van der Waals surface area contributed by atoms with Crippen molar-refractivity contribution in [3.63, 3.8) is 0 Å².